The van der Waals surface area contributed by atoms with Crippen molar-refractivity contribution in [2.75, 3.05) is 0 Å². The second-order valence-electron chi connectivity index (χ2n) is 3.11. The molecule has 0 aromatic carbocycles. The van der Waals surface area contributed by atoms with E-state index in [1.807, 2.05) is 13.0 Å². The van der Waals surface area contributed by atoms with Crippen molar-refractivity contribution < 1.29 is 71.2 Å². The molecule has 15 heavy (non-hydrogen) atoms. The van der Waals surface area contributed by atoms with E-state index in [0.29, 0.717) is 0 Å². The number of carbonyl (C=O) groups is 2. The molecule has 80 valence electrons. The molecule has 4 nitrogen and oxygen atoms in total. The molecule has 0 aromatic rings. The molecule has 0 aliphatic heterocycles. The number of carbonyl (C=O) groups excluding carboxylic acids is 1. The van der Waals surface area contributed by atoms with E-state index in [-0.39, 0.29) is 57.8 Å². The summed E-state index contributed by atoms with van der Waals surface area (Å²) in [4.78, 5) is 20.8. The van der Waals surface area contributed by atoms with Crippen LogP contribution >= 0.6 is 0 Å². The van der Waals surface area contributed by atoms with E-state index in [1.54, 1.807) is 6.08 Å². The molecule has 0 aliphatic rings. The molecule has 1 atom stereocenters. The van der Waals surface area contributed by atoms with Gasteiger partial charge < -0.3 is 15.0 Å². The molecule has 0 amide bonds. The van der Waals surface area contributed by atoms with Gasteiger partial charge in [-0.1, -0.05) is 25.5 Å². The predicted molar refractivity (Wildman–Crippen MR) is 49.4 cm³/mol. The van der Waals surface area contributed by atoms with Crippen LogP contribution in [0.25, 0.3) is 0 Å². The SMILES string of the molecule is CCC/C=C/CC(CC(=O)[O-])C(=O)O.[K+]. The Morgan fingerprint density at radius 1 is 1.40 bits per heavy atom. The third kappa shape index (κ3) is 10.6. The fraction of sp³-hybridized carbons (Fsp3) is 0.600. The van der Waals surface area contributed by atoms with Crippen molar-refractivity contribution in [3.05, 3.63) is 12.2 Å². The first kappa shape index (κ1) is 17.7. The van der Waals surface area contributed by atoms with Crippen LogP contribution in [0.4, 0.5) is 0 Å². The van der Waals surface area contributed by atoms with Crippen LogP contribution in [0.15, 0.2) is 12.2 Å². The minimum Gasteiger partial charge on any atom is -0.550 e. The quantitative estimate of drug-likeness (QED) is 0.395. The van der Waals surface area contributed by atoms with Crippen molar-refractivity contribution in [1.82, 2.24) is 0 Å². The molecule has 0 spiro atoms. The maximum absolute atomic E-state index is 10.6. The fourth-order valence-corrected chi connectivity index (χ4v) is 1.02. The molecule has 1 N–H and O–H groups in total. The zero-order valence-electron chi connectivity index (χ0n) is 9.23. The number of allylic oxidation sites excluding steroid dienone is 2. The molecule has 0 saturated carbocycles. The molecule has 1 unspecified atom stereocenters. The number of aliphatic carboxylic acids is 2. The fourth-order valence-electron chi connectivity index (χ4n) is 1.02. The summed E-state index contributed by atoms with van der Waals surface area (Å²) in [5, 5.41) is 18.9. The molecule has 0 aromatic heterocycles. The third-order valence-electron chi connectivity index (χ3n) is 1.80. The summed E-state index contributed by atoms with van der Waals surface area (Å²) < 4.78 is 0. The number of carboxylic acids is 2. The first-order chi connectivity index (χ1) is 6.57. The van der Waals surface area contributed by atoms with Gasteiger partial charge >= 0.3 is 57.4 Å². The van der Waals surface area contributed by atoms with Crippen LogP contribution in [0.5, 0.6) is 0 Å². The molecule has 0 aliphatic carbocycles. The zero-order valence-corrected chi connectivity index (χ0v) is 12.4. The molecule has 0 rings (SSSR count). The number of carboxylic acid groups (broad SMARTS) is 2. The number of hydrogen-bond acceptors (Lipinski definition) is 3. The van der Waals surface area contributed by atoms with E-state index in [1.165, 1.54) is 0 Å². The summed E-state index contributed by atoms with van der Waals surface area (Å²) in [5.74, 6) is -3.27. The predicted octanol–water partition coefficient (Wildman–Crippen LogP) is -2.42. The maximum atomic E-state index is 10.6. The summed E-state index contributed by atoms with van der Waals surface area (Å²) in [6, 6.07) is 0. The second kappa shape index (κ2) is 10.8. The van der Waals surface area contributed by atoms with Crippen LogP contribution in [0.2, 0.25) is 0 Å². The molecule has 0 heterocycles. The van der Waals surface area contributed by atoms with E-state index in [2.05, 4.69) is 0 Å². The Balaban J connectivity index is 0. The second-order valence-corrected chi connectivity index (χ2v) is 3.11. The summed E-state index contributed by atoms with van der Waals surface area (Å²) in [6.07, 6.45) is 5.29. The number of unbranched alkanes of at least 4 members (excludes halogenated alkanes) is 1. The number of hydrogen-bond donors (Lipinski definition) is 1. The van der Waals surface area contributed by atoms with Gasteiger partial charge in [-0.25, -0.2) is 0 Å². The summed E-state index contributed by atoms with van der Waals surface area (Å²) in [7, 11) is 0. The standard InChI is InChI=1S/C10H16O4.K/c1-2-3-4-5-6-8(10(13)14)7-9(11)12;/h4-5,8H,2-3,6-7H2,1H3,(H,11,12)(H,13,14);/q;+1/p-1/b5-4+;. The van der Waals surface area contributed by atoms with E-state index in [4.69, 9.17) is 5.11 Å². The van der Waals surface area contributed by atoms with Gasteiger partial charge in [0.25, 0.3) is 0 Å². The largest absolute Gasteiger partial charge is 1.00 e. The first-order valence-electron chi connectivity index (χ1n) is 4.65. The number of rotatable bonds is 7. The van der Waals surface area contributed by atoms with Crippen molar-refractivity contribution in [1.29, 1.82) is 0 Å². The van der Waals surface area contributed by atoms with Gasteiger partial charge in [-0.05, 0) is 12.8 Å². The normalized spacial score (nSPS) is 12.1. The first-order valence-corrected chi connectivity index (χ1v) is 4.65. The van der Waals surface area contributed by atoms with Gasteiger partial charge in [-0.2, -0.15) is 0 Å². The molecule has 0 saturated heterocycles. The van der Waals surface area contributed by atoms with Gasteiger partial charge in [0, 0.05) is 12.4 Å². The molecule has 5 heteroatoms. The van der Waals surface area contributed by atoms with E-state index in [9.17, 15) is 14.7 Å². The Morgan fingerprint density at radius 3 is 2.40 bits per heavy atom. The van der Waals surface area contributed by atoms with Crippen LogP contribution < -0.4 is 56.5 Å². The third-order valence-corrected chi connectivity index (χ3v) is 1.80. The van der Waals surface area contributed by atoms with E-state index >= 15 is 0 Å². The minimum atomic E-state index is -1.32. The van der Waals surface area contributed by atoms with Gasteiger partial charge in [-0.3, -0.25) is 4.79 Å². The van der Waals surface area contributed by atoms with Crippen LogP contribution in [-0.4, -0.2) is 17.0 Å². The maximum Gasteiger partial charge on any atom is 1.00 e. The van der Waals surface area contributed by atoms with Crippen molar-refractivity contribution in [3.63, 3.8) is 0 Å². The zero-order chi connectivity index (χ0) is 11.0. The van der Waals surface area contributed by atoms with Crippen LogP contribution in [0, 0.1) is 5.92 Å². The monoisotopic (exact) mass is 238 g/mol. The Labute approximate surface area is 132 Å². The Hall–Kier alpha value is 0.316. The van der Waals surface area contributed by atoms with Crippen molar-refractivity contribution in [3.8, 4) is 0 Å². The summed E-state index contributed by atoms with van der Waals surface area (Å²) >= 11 is 0. The van der Waals surface area contributed by atoms with Gasteiger partial charge in [-0.15, -0.1) is 0 Å². The Bertz CT molecular complexity index is 225. The molecule has 0 radical (unpaired) electrons. The topological polar surface area (TPSA) is 77.4 Å². The van der Waals surface area contributed by atoms with Gasteiger partial charge in [0.05, 0.1) is 5.92 Å². The molecule has 0 bridgehead atoms. The molecular weight excluding hydrogens is 223 g/mol. The summed E-state index contributed by atoms with van der Waals surface area (Å²) in [6.45, 7) is 2.01. The average molecular weight is 238 g/mol. The van der Waals surface area contributed by atoms with Crippen molar-refractivity contribution in [2.24, 2.45) is 5.92 Å². The van der Waals surface area contributed by atoms with Gasteiger partial charge in [0.2, 0.25) is 0 Å². The minimum absolute atomic E-state index is 0. The molecule has 0 fully saturated rings. The smallest absolute Gasteiger partial charge is 0.550 e. The molecular formula is C10H15KO4. The van der Waals surface area contributed by atoms with E-state index < -0.39 is 24.3 Å². The van der Waals surface area contributed by atoms with Crippen LogP contribution in [0.1, 0.15) is 32.6 Å². The Kier molecular flexibility index (Phi) is 12.8. The van der Waals surface area contributed by atoms with Crippen LogP contribution in [0.3, 0.4) is 0 Å². The average Bonchev–Trinajstić information content (AvgIpc) is 2.09. The summed E-state index contributed by atoms with van der Waals surface area (Å²) in [5.41, 5.74) is 0. The van der Waals surface area contributed by atoms with Crippen molar-refractivity contribution in [2.45, 2.75) is 32.6 Å². The van der Waals surface area contributed by atoms with Crippen molar-refractivity contribution >= 4 is 11.9 Å². The van der Waals surface area contributed by atoms with Crippen LogP contribution in [-0.2, 0) is 9.59 Å². The van der Waals surface area contributed by atoms with Gasteiger partial charge in [0.15, 0.2) is 0 Å². The Morgan fingerprint density at radius 2 is 2.00 bits per heavy atom. The van der Waals surface area contributed by atoms with Gasteiger partial charge in [0.1, 0.15) is 0 Å². The van der Waals surface area contributed by atoms with E-state index in [0.717, 1.165) is 12.8 Å².